The van der Waals surface area contributed by atoms with Gasteiger partial charge in [0.05, 0.1) is 13.0 Å². The quantitative estimate of drug-likeness (QED) is 0.625. The second-order valence-electron chi connectivity index (χ2n) is 5.22. The Labute approximate surface area is 129 Å². The fourth-order valence-electron chi connectivity index (χ4n) is 2.05. The molecule has 0 atom stereocenters. The first-order valence-electron chi connectivity index (χ1n) is 7.24. The van der Waals surface area contributed by atoms with Crippen molar-refractivity contribution in [1.82, 2.24) is 4.98 Å². The number of aromatic nitrogens is 1. The van der Waals surface area contributed by atoms with Gasteiger partial charge in [-0.05, 0) is 48.2 Å². The van der Waals surface area contributed by atoms with Crippen LogP contribution in [0.25, 0.3) is 12.2 Å². The third-order valence-corrected chi connectivity index (χ3v) is 3.48. The Kier molecular flexibility index (Phi) is 4.19. The number of rotatable bonds is 5. The summed E-state index contributed by atoms with van der Waals surface area (Å²) in [5.41, 5.74) is 2.04. The number of hydrogen-bond donors (Lipinski definition) is 0. The molecule has 2 aromatic rings. The van der Waals surface area contributed by atoms with E-state index in [1.54, 1.807) is 25.6 Å². The molecule has 0 radical (unpaired) electrons. The van der Waals surface area contributed by atoms with Gasteiger partial charge in [-0.25, -0.2) is 0 Å². The minimum absolute atomic E-state index is 0.0657. The van der Waals surface area contributed by atoms with Crippen molar-refractivity contribution in [1.29, 1.82) is 0 Å². The summed E-state index contributed by atoms with van der Waals surface area (Å²) in [6.07, 6.45) is 9.32. The molecule has 1 aliphatic carbocycles. The predicted molar refractivity (Wildman–Crippen MR) is 84.5 cm³/mol. The molecule has 4 heteroatoms. The van der Waals surface area contributed by atoms with Gasteiger partial charge >= 0.3 is 5.97 Å². The number of carbonyl (C=O) groups is 1. The van der Waals surface area contributed by atoms with E-state index < -0.39 is 0 Å². The van der Waals surface area contributed by atoms with Gasteiger partial charge in [0.1, 0.15) is 0 Å². The number of methoxy groups -OCH3 is 1. The summed E-state index contributed by atoms with van der Waals surface area (Å²) >= 11 is 0. The van der Waals surface area contributed by atoms with E-state index in [0.29, 0.717) is 11.5 Å². The van der Waals surface area contributed by atoms with Crippen molar-refractivity contribution in [3.63, 3.8) is 0 Å². The van der Waals surface area contributed by atoms with Crippen LogP contribution in [0.15, 0.2) is 42.7 Å². The molecule has 0 N–H and O–H groups in total. The highest BCUT2D eigenvalue weighted by molar-refractivity contribution is 5.78. The molecule has 1 saturated carbocycles. The van der Waals surface area contributed by atoms with Gasteiger partial charge in [-0.3, -0.25) is 9.78 Å². The van der Waals surface area contributed by atoms with Gasteiger partial charge < -0.3 is 9.47 Å². The molecular weight excluding hydrogens is 278 g/mol. The van der Waals surface area contributed by atoms with Crippen molar-refractivity contribution in [2.75, 3.05) is 7.11 Å². The smallest absolute Gasteiger partial charge is 0.314 e. The molecule has 0 unspecified atom stereocenters. The largest absolute Gasteiger partial charge is 0.493 e. The Morgan fingerprint density at radius 1 is 1.09 bits per heavy atom. The lowest BCUT2D eigenvalue weighted by molar-refractivity contribution is -0.135. The van der Waals surface area contributed by atoms with Crippen molar-refractivity contribution in [2.45, 2.75) is 12.8 Å². The lowest BCUT2D eigenvalue weighted by Crippen LogP contribution is -2.10. The van der Waals surface area contributed by atoms with Crippen LogP contribution in [0.4, 0.5) is 0 Å². The average Bonchev–Trinajstić information content (AvgIpc) is 3.40. The third kappa shape index (κ3) is 3.52. The maximum absolute atomic E-state index is 11.7. The summed E-state index contributed by atoms with van der Waals surface area (Å²) in [5, 5.41) is 0. The van der Waals surface area contributed by atoms with E-state index in [1.165, 1.54) is 0 Å². The van der Waals surface area contributed by atoms with Crippen molar-refractivity contribution >= 4 is 18.1 Å². The zero-order valence-corrected chi connectivity index (χ0v) is 12.4. The van der Waals surface area contributed by atoms with E-state index in [4.69, 9.17) is 9.47 Å². The van der Waals surface area contributed by atoms with Crippen LogP contribution in [0.1, 0.15) is 24.0 Å². The highest BCUT2D eigenvalue weighted by atomic mass is 16.6. The summed E-state index contributed by atoms with van der Waals surface area (Å²) in [7, 11) is 1.57. The lowest BCUT2D eigenvalue weighted by atomic mass is 10.1. The summed E-state index contributed by atoms with van der Waals surface area (Å²) in [6, 6.07) is 9.38. The molecular formula is C18H17NO3. The number of nitrogens with zero attached hydrogens (tertiary/aromatic N) is 1. The fraction of sp³-hybridized carbons (Fsp3) is 0.222. The summed E-state index contributed by atoms with van der Waals surface area (Å²) in [6.45, 7) is 0. The highest BCUT2D eigenvalue weighted by Crippen LogP contribution is 2.34. The average molecular weight is 295 g/mol. The van der Waals surface area contributed by atoms with Gasteiger partial charge in [0.25, 0.3) is 0 Å². The molecule has 1 heterocycles. The second-order valence-corrected chi connectivity index (χ2v) is 5.22. The first kappa shape index (κ1) is 14.3. The predicted octanol–water partition coefficient (Wildman–Crippen LogP) is 3.58. The number of carbonyl (C=O) groups excluding carboxylic acids is 1. The maximum atomic E-state index is 11.7. The molecule has 1 aliphatic rings. The Morgan fingerprint density at radius 3 is 2.50 bits per heavy atom. The van der Waals surface area contributed by atoms with Gasteiger partial charge in [0.2, 0.25) is 0 Å². The number of pyridine rings is 1. The Hall–Kier alpha value is -2.62. The maximum Gasteiger partial charge on any atom is 0.314 e. The molecule has 1 fully saturated rings. The first-order valence-corrected chi connectivity index (χ1v) is 7.24. The molecule has 0 spiro atoms. The molecule has 4 nitrogen and oxygen atoms in total. The minimum atomic E-state index is -0.168. The molecule has 112 valence electrons. The topological polar surface area (TPSA) is 48.4 Å². The van der Waals surface area contributed by atoms with Crippen molar-refractivity contribution in [3.8, 4) is 11.5 Å². The zero-order chi connectivity index (χ0) is 15.4. The van der Waals surface area contributed by atoms with Crippen LogP contribution >= 0.6 is 0 Å². The van der Waals surface area contributed by atoms with Gasteiger partial charge in [0.15, 0.2) is 11.5 Å². The third-order valence-electron chi connectivity index (χ3n) is 3.48. The number of ether oxygens (including phenoxy) is 2. The van der Waals surface area contributed by atoms with E-state index in [9.17, 15) is 4.79 Å². The SMILES string of the molecule is COc1cc(/C=C/c2ccncc2)ccc1OC(=O)C1CC1. The van der Waals surface area contributed by atoms with Gasteiger partial charge in [-0.2, -0.15) is 0 Å². The summed E-state index contributed by atoms with van der Waals surface area (Å²) < 4.78 is 10.7. The van der Waals surface area contributed by atoms with E-state index in [1.807, 2.05) is 36.4 Å². The molecule has 22 heavy (non-hydrogen) atoms. The monoisotopic (exact) mass is 295 g/mol. The fourth-order valence-corrected chi connectivity index (χ4v) is 2.05. The van der Waals surface area contributed by atoms with Crippen LogP contribution in [0.3, 0.4) is 0 Å². The molecule has 1 aromatic carbocycles. The molecule has 0 amide bonds. The molecule has 0 aliphatic heterocycles. The van der Waals surface area contributed by atoms with E-state index in [2.05, 4.69) is 4.98 Å². The summed E-state index contributed by atoms with van der Waals surface area (Å²) in [5.74, 6) is 0.931. The van der Waals surface area contributed by atoms with Crippen molar-refractivity contribution in [2.24, 2.45) is 5.92 Å². The lowest BCUT2D eigenvalue weighted by Gasteiger charge is -2.09. The number of benzene rings is 1. The van der Waals surface area contributed by atoms with Crippen molar-refractivity contribution < 1.29 is 14.3 Å². The van der Waals surface area contributed by atoms with Crippen LogP contribution in [-0.4, -0.2) is 18.1 Å². The number of hydrogen-bond acceptors (Lipinski definition) is 4. The van der Waals surface area contributed by atoms with Crippen LogP contribution in [0, 0.1) is 5.92 Å². The van der Waals surface area contributed by atoms with Gasteiger partial charge in [0, 0.05) is 12.4 Å². The zero-order valence-electron chi connectivity index (χ0n) is 12.4. The van der Waals surface area contributed by atoms with Crippen LogP contribution in [0.2, 0.25) is 0 Å². The Bertz CT molecular complexity index is 691. The summed E-state index contributed by atoms with van der Waals surface area (Å²) in [4.78, 5) is 15.7. The highest BCUT2D eigenvalue weighted by Gasteiger charge is 2.32. The molecule has 0 bridgehead atoms. The van der Waals surface area contributed by atoms with E-state index >= 15 is 0 Å². The second kappa shape index (κ2) is 6.43. The van der Waals surface area contributed by atoms with E-state index in [0.717, 1.165) is 24.0 Å². The van der Waals surface area contributed by atoms with Crippen LogP contribution in [-0.2, 0) is 4.79 Å². The van der Waals surface area contributed by atoms with Gasteiger partial charge in [-0.15, -0.1) is 0 Å². The van der Waals surface area contributed by atoms with E-state index in [-0.39, 0.29) is 11.9 Å². The first-order chi connectivity index (χ1) is 10.8. The normalized spacial score (nSPS) is 14.0. The molecule has 3 rings (SSSR count). The molecule has 0 saturated heterocycles. The molecule has 1 aromatic heterocycles. The van der Waals surface area contributed by atoms with Crippen LogP contribution < -0.4 is 9.47 Å². The Balaban J connectivity index is 1.76. The number of esters is 1. The standard InChI is InChI=1S/C18H17NO3/c1-21-17-12-14(3-2-13-8-10-19-11-9-13)4-7-16(17)22-18(20)15-5-6-15/h2-4,7-12,15H,5-6H2,1H3/b3-2+. The minimum Gasteiger partial charge on any atom is -0.493 e. The Morgan fingerprint density at radius 2 is 1.82 bits per heavy atom. The van der Waals surface area contributed by atoms with Gasteiger partial charge in [-0.1, -0.05) is 18.2 Å². The van der Waals surface area contributed by atoms with Crippen LogP contribution in [0.5, 0.6) is 11.5 Å². The van der Waals surface area contributed by atoms with Crippen molar-refractivity contribution in [3.05, 3.63) is 53.9 Å².